The molecule has 0 aliphatic heterocycles. The van der Waals surface area contributed by atoms with Crippen molar-refractivity contribution in [1.29, 1.82) is 0 Å². The minimum atomic E-state index is -0.305. The van der Waals surface area contributed by atoms with Gasteiger partial charge in [-0.05, 0) is 49.8 Å². The number of methoxy groups -OCH3 is 1. The van der Waals surface area contributed by atoms with E-state index in [0.717, 1.165) is 31.4 Å². The van der Waals surface area contributed by atoms with Crippen LogP contribution in [-0.2, 0) is 11.2 Å². The summed E-state index contributed by atoms with van der Waals surface area (Å²) < 4.78 is 5.15. The number of nitrogens with one attached hydrogen (secondary N) is 1. The van der Waals surface area contributed by atoms with Crippen LogP contribution >= 0.6 is 12.4 Å². The number of rotatable bonds is 10. The van der Waals surface area contributed by atoms with Crippen LogP contribution in [0.2, 0.25) is 0 Å². The molecule has 138 valence electrons. The second-order valence-electron chi connectivity index (χ2n) is 6.73. The summed E-state index contributed by atoms with van der Waals surface area (Å²) in [4.78, 5) is 12.0. The Morgan fingerprint density at radius 2 is 1.83 bits per heavy atom. The first-order chi connectivity index (χ1) is 10.9. The lowest BCUT2D eigenvalue weighted by Crippen LogP contribution is -2.54. The lowest BCUT2D eigenvalue weighted by molar-refractivity contribution is -0.123. The van der Waals surface area contributed by atoms with E-state index < -0.39 is 0 Å². The van der Waals surface area contributed by atoms with E-state index >= 15 is 0 Å². The van der Waals surface area contributed by atoms with Gasteiger partial charge >= 0.3 is 0 Å². The van der Waals surface area contributed by atoms with Crippen molar-refractivity contribution >= 4 is 18.3 Å². The number of amides is 1. The lowest BCUT2D eigenvalue weighted by Gasteiger charge is -2.33. The van der Waals surface area contributed by atoms with Crippen LogP contribution in [0.3, 0.4) is 0 Å². The van der Waals surface area contributed by atoms with Crippen molar-refractivity contribution < 1.29 is 9.53 Å². The first kappa shape index (κ1) is 22.7. The number of aryl methyl sites for hydroxylation is 1. The molecule has 0 fully saturated rings. The average molecular weight is 357 g/mol. The minimum Gasteiger partial charge on any atom is -0.497 e. The first-order valence-corrected chi connectivity index (χ1v) is 8.55. The van der Waals surface area contributed by atoms with Crippen molar-refractivity contribution in [2.24, 2.45) is 11.7 Å². The smallest absolute Gasteiger partial charge is 0.220 e. The summed E-state index contributed by atoms with van der Waals surface area (Å²) in [6.45, 7) is 6.65. The molecule has 1 unspecified atom stereocenters. The molecule has 0 aromatic heterocycles. The normalized spacial score (nSPS) is 13.1. The third kappa shape index (κ3) is 7.54. The Hall–Kier alpha value is -1.26. The number of carbonyl (C=O) groups is 1. The summed E-state index contributed by atoms with van der Waals surface area (Å²) in [5.41, 5.74) is 6.80. The molecule has 5 heteroatoms. The van der Waals surface area contributed by atoms with Gasteiger partial charge in [0.1, 0.15) is 5.75 Å². The zero-order valence-electron chi connectivity index (χ0n) is 15.4. The van der Waals surface area contributed by atoms with Crippen molar-refractivity contribution in [1.82, 2.24) is 5.32 Å². The van der Waals surface area contributed by atoms with E-state index in [2.05, 4.69) is 31.3 Å². The Morgan fingerprint density at radius 1 is 1.21 bits per heavy atom. The zero-order chi connectivity index (χ0) is 17.3. The van der Waals surface area contributed by atoms with Crippen LogP contribution in [0.15, 0.2) is 24.3 Å². The molecule has 1 aromatic carbocycles. The predicted octanol–water partition coefficient (Wildman–Crippen LogP) is 3.71. The number of halogens is 1. The second kappa shape index (κ2) is 11.3. The largest absolute Gasteiger partial charge is 0.497 e. The molecule has 0 saturated carbocycles. The van der Waals surface area contributed by atoms with Gasteiger partial charge in [0, 0.05) is 13.0 Å². The first-order valence-electron chi connectivity index (χ1n) is 8.55. The van der Waals surface area contributed by atoms with Crippen LogP contribution in [-0.4, -0.2) is 25.1 Å². The van der Waals surface area contributed by atoms with Crippen LogP contribution in [0.5, 0.6) is 5.75 Å². The predicted molar refractivity (Wildman–Crippen MR) is 103 cm³/mol. The van der Waals surface area contributed by atoms with Gasteiger partial charge in [-0.1, -0.05) is 32.4 Å². The summed E-state index contributed by atoms with van der Waals surface area (Å²) in [7, 11) is 1.68. The fourth-order valence-electron chi connectivity index (χ4n) is 2.40. The summed E-state index contributed by atoms with van der Waals surface area (Å²) in [5, 5.41) is 3.09. The number of carbonyl (C=O) groups excluding carboxylic acids is 1. The Balaban J connectivity index is 0.00000529. The number of ether oxygens (including phenoxy) is 1. The fraction of sp³-hybridized carbons (Fsp3) is 0.632. The third-order valence-electron chi connectivity index (χ3n) is 4.65. The van der Waals surface area contributed by atoms with Crippen molar-refractivity contribution in [3.05, 3.63) is 29.8 Å². The van der Waals surface area contributed by atoms with E-state index in [4.69, 9.17) is 10.5 Å². The fourth-order valence-corrected chi connectivity index (χ4v) is 2.40. The van der Waals surface area contributed by atoms with E-state index in [-0.39, 0.29) is 23.9 Å². The molecule has 0 saturated heterocycles. The molecule has 0 aliphatic carbocycles. The molecule has 0 radical (unpaired) electrons. The van der Waals surface area contributed by atoms with E-state index in [1.54, 1.807) is 7.11 Å². The van der Waals surface area contributed by atoms with Crippen LogP contribution in [0, 0.1) is 5.92 Å². The highest BCUT2D eigenvalue weighted by Crippen LogP contribution is 2.16. The van der Waals surface area contributed by atoms with E-state index in [1.807, 2.05) is 19.1 Å². The maximum atomic E-state index is 12.0. The van der Waals surface area contributed by atoms with Crippen LogP contribution in [0.4, 0.5) is 0 Å². The van der Waals surface area contributed by atoms with Crippen molar-refractivity contribution in [2.45, 2.75) is 58.4 Å². The number of nitrogens with two attached hydrogens (primary N) is 1. The molecule has 24 heavy (non-hydrogen) atoms. The van der Waals surface area contributed by atoms with Gasteiger partial charge in [0.05, 0.1) is 12.6 Å². The molecular weight excluding hydrogens is 324 g/mol. The summed E-state index contributed by atoms with van der Waals surface area (Å²) in [5.74, 6) is 1.32. The molecule has 0 aliphatic rings. The Bertz CT molecular complexity index is 477. The van der Waals surface area contributed by atoms with Gasteiger partial charge in [0.25, 0.3) is 0 Å². The van der Waals surface area contributed by atoms with E-state index in [0.29, 0.717) is 18.9 Å². The van der Waals surface area contributed by atoms with Gasteiger partial charge < -0.3 is 15.8 Å². The average Bonchev–Trinajstić information content (AvgIpc) is 2.54. The quantitative estimate of drug-likeness (QED) is 0.628. The maximum Gasteiger partial charge on any atom is 0.220 e. The van der Waals surface area contributed by atoms with E-state index in [9.17, 15) is 4.79 Å². The van der Waals surface area contributed by atoms with E-state index in [1.165, 1.54) is 5.56 Å². The monoisotopic (exact) mass is 356 g/mol. The number of benzene rings is 1. The molecule has 4 nitrogen and oxygen atoms in total. The molecule has 1 rings (SSSR count). The van der Waals surface area contributed by atoms with Crippen molar-refractivity contribution in [3.8, 4) is 5.75 Å². The number of hydrogen-bond acceptors (Lipinski definition) is 3. The molecule has 0 bridgehead atoms. The molecule has 0 spiro atoms. The Labute approximate surface area is 152 Å². The molecule has 0 heterocycles. The molecule has 1 amide bonds. The van der Waals surface area contributed by atoms with Gasteiger partial charge in [-0.2, -0.15) is 0 Å². The zero-order valence-corrected chi connectivity index (χ0v) is 16.2. The Morgan fingerprint density at radius 3 is 2.33 bits per heavy atom. The standard InChI is InChI=1S/C19H32N2O2.ClH/c1-15(2)19(3,14-20)21-18(22)9-7-5-6-8-16-10-12-17(23-4)13-11-16;/h10-13,15H,5-9,14,20H2,1-4H3,(H,21,22);1H. The SMILES string of the molecule is COc1ccc(CCCCCC(=O)NC(C)(CN)C(C)C)cc1.Cl. The van der Waals surface area contributed by atoms with Gasteiger partial charge in [-0.25, -0.2) is 0 Å². The second-order valence-corrected chi connectivity index (χ2v) is 6.73. The lowest BCUT2D eigenvalue weighted by atomic mass is 9.88. The van der Waals surface area contributed by atoms with Crippen molar-refractivity contribution in [2.75, 3.05) is 13.7 Å². The highest BCUT2D eigenvalue weighted by molar-refractivity contribution is 5.85. The molecule has 3 N–H and O–H groups in total. The third-order valence-corrected chi connectivity index (χ3v) is 4.65. The highest BCUT2D eigenvalue weighted by Gasteiger charge is 2.28. The highest BCUT2D eigenvalue weighted by atomic mass is 35.5. The topological polar surface area (TPSA) is 64.3 Å². The molecule has 1 atom stereocenters. The minimum absolute atomic E-state index is 0. The summed E-state index contributed by atoms with van der Waals surface area (Å²) in [6.07, 6.45) is 4.68. The summed E-state index contributed by atoms with van der Waals surface area (Å²) in [6, 6.07) is 8.17. The van der Waals surface area contributed by atoms with Crippen LogP contribution in [0.25, 0.3) is 0 Å². The van der Waals surface area contributed by atoms with Crippen LogP contribution < -0.4 is 15.8 Å². The molecule has 1 aromatic rings. The van der Waals surface area contributed by atoms with Gasteiger partial charge in [0.15, 0.2) is 0 Å². The summed E-state index contributed by atoms with van der Waals surface area (Å²) >= 11 is 0. The molecular formula is C19H33ClN2O2. The maximum absolute atomic E-state index is 12.0. The van der Waals surface area contributed by atoms with Gasteiger partial charge in [0.2, 0.25) is 5.91 Å². The van der Waals surface area contributed by atoms with Gasteiger partial charge in [-0.3, -0.25) is 4.79 Å². The van der Waals surface area contributed by atoms with Gasteiger partial charge in [-0.15, -0.1) is 12.4 Å². The van der Waals surface area contributed by atoms with Crippen molar-refractivity contribution in [3.63, 3.8) is 0 Å². The van der Waals surface area contributed by atoms with Crippen LogP contribution in [0.1, 0.15) is 52.0 Å². The number of hydrogen-bond donors (Lipinski definition) is 2. The Kier molecular flexibility index (Phi) is 10.7. The number of unbranched alkanes of at least 4 members (excludes halogenated alkanes) is 2.